The summed E-state index contributed by atoms with van der Waals surface area (Å²) in [7, 11) is 1.67. The van der Waals surface area contributed by atoms with Crippen LogP contribution in [0.25, 0.3) is 17.0 Å². The van der Waals surface area contributed by atoms with Gasteiger partial charge in [0.2, 0.25) is 0 Å². The van der Waals surface area contributed by atoms with Crippen LogP contribution >= 0.6 is 0 Å². The SMILES string of the molecule is CC[C@H]1CN(C/C=C/c2ccccc2)CC[C@H]1CCC(O)c1ccnc2ccc(OC)cc12. The normalized spacial score (nSPS) is 20.3. The van der Waals surface area contributed by atoms with E-state index in [1.807, 2.05) is 24.3 Å². The molecule has 2 aromatic carbocycles. The van der Waals surface area contributed by atoms with Crippen molar-refractivity contribution in [1.29, 1.82) is 0 Å². The van der Waals surface area contributed by atoms with E-state index in [-0.39, 0.29) is 0 Å². The first-order valence-corrected chi connectivity index (χ1v) is 12.2. The van der Waals surface area contributed by atoms with Gasteiger partial charge in [0.05, 0.1) is 18.7 Å². The minimum Gasteiger partial charge on any atom is -0.497 e. The number of ether oxygens (including phenoxy) is 1. The summed E-state index contributed by atoms with van der Waals surface area (Å²) in [6.45, 7) is 5.59. The summed E-state index contributed by atoms with van der Waals surface area (Å²) in [6, 6.07) is 18.3. The van der Waals surface area contributed by atoms with Crippen LogP contribution in [0.15, 0.2) is 66.9 Å². The third-order valence-electron chi connectivity index (χ3n) is 7.13. The molecule has 0 spiro atoms. The molecule has 0 bridgehead atoms. The molecule has 1 fully saturated rings. The largest absolute Gasteiger partial charge is 0.497 e. The van der Waals surface area contributed by atoms with Gasteiger partial charge in [-0.15, -0.1) is 0 Å². The lowest BCUT2D eigenvalue weighted by Gasteiger charge is -2.38. The van der Waals surface area contributed by atoms with E-state index in [4.69, 9.17) is 4.74 Å². The lowest BCUT2D eigenvalue weighted by atomic mass is 9.80. The minimum absolute atomic E-state index is 0.480. The molecule has 0 amide bonds. The molecule has 1 N–H and O–H groups in total. The van der Waals surface area contributed by atoms with E-state index in [9.17, 15) is 5.11 Å². The smallest absolute Gasteiger partial charge is 0.119 e. The van der Waals surface area contributed by atoms with Crippen LogP contribution in [0.4, 0.5) is 0 Å². The van der Waals surface area contributed by atoms with Crippen LogP contribution in [-0.2, 0) is 0 Å². The number of piperidine rings is 1. The van der Waals surface area contributed by atoms with Crippen molar-refractivity contribution in [2.24, 2.45) is 11.8 Å². The number of fused-ring (bicyclic) bond motifs is 1. The number of aromatic nitrogens is 1. The summed E-state index contributed by atoms with van der Waals surface area (Å²) in [5.41, 5.74) is 3.11. The van der Waals surface area contributed by atoms with E-state index in [1.165, 1.54) is 18.4 Å². The third-order valence-corrected chi connectivity index (χ3v) is 7.13. The van der Waals surface area contributed by atoms with Crippen molar-refractivity contribution in [1.82, 2.24) is 9.88 Å². The van der Waals surface area contributed by atoms with Gasteiger partial charge in [-0.2, -0.15) is 0 Å². The van der Waals surface area contributed by atoms with E-state index >= 15 is 0 Å². The quantitative estimate of drug-likeness (QED) is 0.432. The number of aliphatic hydroxyl groups excluding tert-OH is 1. The second-order valence-electron chi connectivity index (χ2n) is 9.17. The van der Waals surface area contributed by atoms with E-state index in [0.29, 0.717) is 11.8 Å². The lowest BCUT2D eigenvalue weighted by Crippen LogP contribution is -2.40. The van der Waals surface area contributed by atoms with Crippen molar-refractivity contribution in [2.75, 3.05) is 26.7 Å². The number of nitrogens with zero attached hydrogens (tertiary/aromatic N) is 2. The van der Waals surface area contributed by atoms with Crippen molar-refractivity contribution in [3.05, 3.63) is 78.0 Å². The van der Waals surface area contributed by atoms with Crippen LogP contribution in [0.2, 0.25) is 0 Å². The summed E-state index contributed by atoms with van der Waals surface area (Å²) in [4.78, 5) is 7.02. The zero-order chi connectivity index (χ0) is 23.0. The predicted molar refractivity (Wildman–Crippen MR) is 136 cm³/mol. The molecule has 3 atom stereocenters. The highest BCUT2D eigenvalue weighted by Gasteiger charge is 2.28. The van der Waals surface area contributed by atoms with E-state index in [2.05, 4.69) is 59.3 Å². The van der Waals surface area contributed by atoms with E-state index in [0.717, 1.165) is 54.7 Å². The topological polar surface area (TPSA) is 45.6 Å². The molecule has 0 radical (unpaired) electrons. The number of rotatable bonds is 9. The van der Waals surface area contributed by atoms with Crippen molar-refractivity contribution in [2.45, 2.75) is 38.7 Å². The zero-order valence-corrected chi connectivity index (χ0v) is 19.9. The Morgan fingerprint density at radius 1 is 1.15 bits per heavy atom. The molecule has 4 heteroatoms. The number of hydrogen-bond donors (Lipinski definition) is 1. The Hall–Kier alpha value is -2.69. The van der Waals surface area contributed by atoms with Gasteiger partial charge >= 0.3 is 0 Å². The number of benzene rings is 2. The number of aliphatic hydroxyl groups is 1. The minimum atomic E-state index is -0.480. The monoisotopic (exact) mass is 444 g/mol. The molecular formula is C29H36N2O2. The van der Waals surface area contributed by atoms with Gasteiger partial charge in [-0.1, -0.05) is 55.8 Å². The number of methoxy groups -OCH3 is 1. The van der Waals surface area contributed by atoms with Crippen LogP contribution in [0.5, 0.6) is 5.75 Å². The molecule has 4 nitrogen and oxygen atoms in total. The number of hydrogen-bond acceptors (Lipinski definition) is 4. The Balaban J connectivity index is 1.33. The van der Waals surface area contributed by atoms with Crippen molar-refractivity contribution < 1.29 is 9.84 Å². The first kappa shape index (κ1) is 23.5. The van der Waals surface area contributed by atoms with Gasteiger partial charge in [-0.25, -0.2) is 0 Å². The van der Waals surface area contributed by atoms with E-state index in [1.54, 1.807) is 13.3 Å². The molecule has 174 valence electrons. The van der Waals surface area contributed by atoms with Gasteiger partial charge in [0.1, 0.15) is 5.75 Å². The van der Waals surface area contributed by atoms with Crippen molar-refractivity contribution >= 4 is 17.0 Å². The molecule has 1 aliphatic heterocycles. The highest BCUT2D eigenvalue weighted by molar-refractivity contribution is 5.83. The molecule has 0 aliphatic carbocycles. The molecule has 1 unspecified atom stereocenters. The molecule has 3 aromatic rings. The second kappa shape index (κ2) is 11.4. The van der Waals surface area contributed by atoms with Crippen LogP contribution in [0.1, 0.15) is 49.8 Å². The van der Waals surface area contributed by atoms with Gasteiger partial charge in [-0.05, 0) is 73.0 Å². The maximum Gasteiger partial charge on any atom is 0.119 e. The third kappa shape index (κ3) is 6.01. The lowest BCUT2D eigenvalue weighted by molar-refractivity contribution is 0.0981. The van der Waals surface area contributed by atoms with E-state index < -0.39 is 6.10 Å². The number of likely N-dealkylation sites (tertiary alicyclic amines) is 1. The van der Waals surface area contributed by atoms with Gasteiger partial charge in [0.25, 0.3) is 0 Å². The van der Waals surface area contributed by atoms with Crippen LogP contribution in [-0.4, -0.2) is 41.7 Å². The average Bonchev–Trinajstić information content (AvgIpc) is 2.87. The summed E-state index contributed by atoms with van der Waals surface area (Å²) < 4.78 is 5.39. The second-order valence-corrected chi connectivity index (χ2v) is 9.17. The van der Waals surface area contributed by atoms with Crippen molar-refractivity contribution in [3.63, 3.8) is 0 Å². The van der Waals surface area contributed by atoms with Crippen molar-refractivity contribution in [3.8, 4) is 5.75 Å². The molecule has 33 heavy (non-hydrogen) atoms. The molecule has 1 saturated heterocycles. The Morgan fingerprint density at radius 3 is 2.79 bits per heavy atom. The summed E-state index contributed by atoms with van der Waals surface area (Å²) >= 11 is 0. The summed E-state index contributed by atoms with van der Waals surface area (Å²) in [5.74, 6) is 2.15. The molecule has 1 aromatic heterocycles. The Morgan fingerprint density at radius 2 is 2.00 bits per heavy atom. The number of pyridine rings is 1. The molecule has 4 rings (SSSR count). The molecular weight excluding hydrogens is 408 g/mol. The summed E-state index contributed by atoms with van der Waals surface area (Å²) in [6.07, 6.45) is 10.1. The van der Waals surface area contributed by atoms with Gasteiger partial charge in [-0.3, -0.25) is 9.88 Å². The standard InChI is InChI=1S/C29H36N2O2/c1-3-23-21-31(18-7-10-22-8-5-4-6-9-22)19-16-24(23)11-14-29(32)26-15-17-30-28-13-12-25(33-2)20-27(26)28/h4-10,12-13,15,17,20,23-24,29,32H,3,11,14,16,18-19,21H2,1-2H3/b10-7+/t23-,24+,29?/m0/s1. The fourth-order valence-electron chi connectivity index (χ4n) is 5.16. The Labute approximate surface area is 197 Å². The Bertz CT molecular complexity index is 1050. The van der Waals surface area contributed by atoms with Gasteiger partial charge in [0.15, 0.2) is 0 Å². The van der Waals surface area contributed by atoms with Crippen LogP contribution in [0.3, 0.4) is 0 Å². The van der Waals surface area contributed by atoms with Gasteiger partial charge in [0, 0.05) is 24.7 Å². The fraction of sp³-hybridized carbons (Fsp3) is 0.414. The first-order chi connectivity index (χ1) is 16.2. The van der Waals surface area contributed by atoms with Gasteiger partial charge < -0.3 is 9.84 Å². The maximum absolute atomic E-state index is 11.1. The zero-order valence-electron chi connectivity index (χ0n) is 19.9. The maximum atomic E-state index is 11.1. The highest BCUT2D eigenvalue weighted by Crippen LogP contribution is 2.34. The molecule has 2 heterocycles. The highest BCUT2D eigenvalue weighted by atomic mass is 16.5. The van der Waals surface area contributed by atoms with Crippen LogP contribution < -0.4 is 4.74 Å². The first-order valence-electron chi connectivity index (χ1n) is 12.2. The molecule has 0 saturated carbocycles. The summed E-state index contributed by atoms with van der Waals surface area (Å²) in [5, 5.41) is 12.0. The van der Waals surface area contributed by atoms with Crippen LogP contribution in [0, 0.1) is 11.8 Å². The average molecular weight is 445 g/mol. The predicted octanol–water partition coefficient (Wildman–Crippen LogP) is 6.12. The molecule has 1 aliphatic rings. The Kier molecular flexibility index (Phi) is 8.14. The fourth-order valence-corrected chi connectivity index (χ4v) is 5.16.